The maximum atomic E-state index is 12.7. The molecule has 0 atom stereocenters. The van der Waals surface area contributed by atoms with Gasteiger partial charge in [0.1, 0.15) is 5.82 Å². The molecule has 3 N–H and O–H groups in total. The summed E-state index contributed by atoms with van der Waals surface area (Å²) < 4.78 is 11.1. The Bertz CT molecular complexity index is 1270. The number of amides is 1. The smallest absolute Gasteiger partial charge is 0.257 e. The number of nitrogens with zero attached hydrogens (tertiary/aromatic N) is 1. The molecule has 8 heteroatoms. The number of rotatable bonds is 7. The van der Waals surface area contributed by atoms with Crippen molar-refractivity contribution in [1.82, 2.24) is 15.3 Å². The average Bonchev–Trinajstić information content (AvgIpc) is 3.25. The number of thiocarbonyl (C=S) groups is 1. The molecule has 1 amide bonds. The zero-order chi connectivity index (χ0) is 23.2. The van der Waals surface area contributed by atoms with Crippen molar-refractivity contribution in [3.05, 3.63) is 72.3 Å². The number of hydrogen-bond acceptors (Lipinski definition) is 5. The fraction of sp³-hybridized carbons (Fsp3) is 0.160. The van der Waals surface area contributed by atoms with Gasteiger partial charge in [0.25, 0.3) is 5.91 Å². The largest absolute Gasteiger partial charge is 0.490 e. The molecule has 0 unspecified atom stereocenters. The van der Waals surface area contributed by atoms with Crippen molar-refractivity contribution in [1.29, 1.82) is 0 Å². The first-order chi connectivity index (χ1) is 16.1. The Morgan fingerprint density at radius 3 is 2.55 bits per heavy atom. The third-order valence-electron chi connectivity index (χ3n) is 4.82. The molecule has 0 saturated carbocycles. The highest BCUT2D eigenvalue weighted by Gasteiger charge is 2.13. The summed E-state index contributed by atoms with van der Waals surface area (Å²) in [7, 11) is 0. The summed E-state index contributed by atoms with van der Waals surface area (Å²) in [6.07, 6.45) is 0. The molecule has 0 aliphatic heterocycles. The van der Waals surface area contributed by atoms with Crippen molar-refractivity contribution in [2.75, 3.05) is 18.5 Å². The van der Waals surface area contributed by atoms with Gasteiger partial charge in [0.2, 0.25) is 0 Å². The number of H-pyrrole nitrogens is 1. The van der Waals surface area contributed by atoms with Gasteiger partial charge < -0.3 is 19.8 Å². The minimum Gasteiger partial charge on any atom is -0.490 e. The van der Waals surface area contributed by atoms with Gasteiger partial charge >= 0.3 is 0 Å². The summed E-state index contributed by atoms with van der Waals surface area (Å²) in [5.41, 5.74) is 3.92. The monoisotopic (exact) mass is 460 g/mol. The number of nitrogens with one attached hydrogen (secondary N) is 3. The summed E-state index contributed by atoms with van der Waals surface area (Å²) in [4.78, 5) is 20.6. The van der Waals surface area contributed by atoms with E-state index in [0.717, 1.165) is 28.1 Å². The number of anilines is 1. The number of para-hydroxylation sites is 2. The Labute approximate surface area is 197 Å². The van der Waals surface area contributed by atoms with Gasteiger partial charge in [-0.1, -0.05) is 24.3 Å². The van der Waals surface area contributed by atoms with Crippen LogP contribution in [0, 0.1) is 0 Å². The van der Waals surface area contributed by atoms with Crippen molar-refractivity contribution in [2.24, 2.45) is 0 Å². The van der Waals surface area contributed by atoms with Crippen molar-refractivity contribution in [3.63, 3.8) is 0 Å². The first-order valence-corrected chi connectivity index (χ1v) is 11.1. The van der Waals surface area contributed by atoms with Crippen LogP contribution in [-0.4, -0.2) is 34.2 Å². The molecule has 4 rings (SSSR count). The normalized spacial score (nSPS) is 10.6. The fourth-order valence-electron chi connectivity index (χ4n) is 3.36. The Morgan fingerprint density at radius 2 is 1.76 bits per heavy atom. The number of fused-ring (bicyclic) bond motifs is 1. The van der Waals surface area contributed by atoms with Crippen LogP contribution >= 0.6 is 12.2 Å². The Morgan fingerprint density at radius 1 is 0.970 bits per heavy atom. The molecule has 0 saturated heterocycles. The van der Waals surface area contributed by atoms with Crippen LogP contribution in [0.1, 0.15) is 24.2 Å². The molecular formula is C25H24N4O3S. The van der Waals surface area contributed by atoms with E-state index >= 15 is 0 Å². The van der Waals surface area contributed by atoms with Crippen LogP contribution < -0.4 is 20.1 Å². The molecule has 3 aromatic carbocycles. The maximum absolute atomic E-state index is 12.7. The molecule has 0 fully saturated rings. The van der Waals surface area contributed by atoms with Gasteiger partial charge in [-0.15, -0.1) is 0 Å². The van der Waals surface area contributed by atoms with E-state index in [0.29, 0.717) is 30.3 Å². The van der Waals surface area contributed by atoms with E-state index in [-0.39, 0.29) is 11.0 Å². The molecular weight excluding hydrogens is 436 g/mol. The Balaban J connectivity index is 1.45. The quantitative estimate of drug-likeness (QED) is 0.331. The fourth-order valence-corrected chi connectivity index (χ4v) is 3.57. The number of hydrogen-bond donors (Lipinski definition) is 3. The molecule has 33 heavy (non-hydrogen) atoms. The van der Waals surface area contributed by atoms with Gasteiger partial charge in [0.15, 0.2) is 16.6 Å². The average molecular weight is 461 g/mol. The maximum Gasteiger partial charge on any atom is 0.257 e. The van der Waals surface area contributed by atoms with E-state index in [1.54, 1.807) is 18.2 Å². The molecule has 0 aliphatic carbocycles. The topological polar surface area (TPSA) is 88.3 Å². The van der Waals surface area contributed by atoms with E-state index in [2.05, 4.69) is 20.6 Å². The highest BCUT2D eigenvalue weighted by molar-refractivity contribution is 7.80. The molecule has 1 aromatic heterocycles. The van der Waals surface area contributed by atoms with E-state index in [1.165, 1.54) is 0 Å². The van der Waals surface area contributed by atoms with E-state index in [4.69, 9.17) is 21.7 Å². The van der Waals surface area contributed by atoms with Crippen LogP contribution in [0.3, 0.4) is 0 Å². The number of benzene rings is 3. The molecule has 1 heterocycles. The Kier molecular flexibility index (Phi) is 6.85. The van der Waals surface area contributed by atoms with Gasteiger partial charge in [0.05, 0.1) is 24.2 Å². The third-order valence-corrected chi connectivity index (χ3v) is 5.02. The van der Waals surface area contributed by atoms with Gasteiger partial charge in [-0.05, 0) is 68.5 Å². The lowest BCUT2D eigenvalue weighted by atomic mass is 10.2. The molecule has 7 nitrogen and oxygen atoms in total. The van der Waals surface area contributed by atoms with Crippen LogP contribution in [0.5, 0.6) is 11.5 Å². The van der Waals surface area contributed by atoms with Crippen molar-refractivity contribution < 1.29 is 14.3 Å². The van der Waals surface area contributed by atoms with Gasteiger partial charge in [-0.3, -0.25) is 10.1 Å². The molecule has 0 radical (unpaired) electrons. The second-order valence-corrected chi connectivity index (χ2v) is 7.53. The minimum absolute atomic E-state index is 0.189. The second kappa shape index (κ2) is 10.1. The SMILES string of the molecule is CCOc1ccc(C(=O)NC(=S)Nc2cccc(-c3nc4ccccc4[nH]3)c2)cc1OCC. The predicted octanol–water partition coefficient (Wildman–Crippen LogP) is 5.15. The number of aromatic nitrogens is 2. The van der Waals surface area contributed by atoms with Crippen molar-refractivity contribution >= 4 is 40.0 Å². The first kappa shape index (κ1) is 22.3. The van der Waals surface area contributed by atoms with Crippen LogP contribution in [0.25, 0.3) is 22.4 Å². The second-order valence-electron chi connectivity index (χ2n) is 7.12. The van der Waals surface area contributed by atoms with E-state index in [9.17, 15) is 4.79 Å². The summed E-state index contributed by atoms with van der Waals surface area (Å²) in [6.45, 7) is 4.74. The van der Waals surface area contributed by atoms with Crippen LogP contribution in [0.4, 0.5) is 5.69 Å². The Hall–Kier alpha value is -3.91. The van der Waals surface area contributed by atoms with Gasteiger partial charge in [-0.2, -0.15) is 0 Å². The number of carbonyl (C=O) groups excluding carboxylic acids is 1. The van der Waals surface area contributed by atoms with Crippen LogP contribution in [0.15, 0.2) is 66.7 Å². The zero-order valence-electron chi connectivity index (χ0n) is 18.3. The van der Waals surface area contributed by atoms with Crippen molar-refractivity contribution in [2.45, 2.75) is 13.8 Å². The highest BCUT2D eigenvalue weighted by atomic mass is 32.1. The standard InChI is InChI=1S/C25H24N4O3S/c1-3-31-21-13-12-17(15-22(21)32-4-2)24(30)29-25(33)26-18-9-7-8-16(14-18)23-27-19-10-5-6-11-20(19)28-23/h5-15H,3-4H2,1-2H3,(H,27,28)(H2,26,29,30,33). The van der Waals surface area contributed by atoms with Gasteiger partial charge in [0, 0.05) is 16.8 Å². The number of carbonyl (C=O) groups is 1. The van der Waals surface area contributed by atoms with Crippen LogP contribution in [-0.2, 0) is 0 Å². The first-order valence-electron chi connectivity index (χ1n) is 10.6. The van der Waals surface area contributed by atoms with E-state index in [1.807, 2.05) is 62.4 Å². The molecule has 0 bridgehead atoms. The van der Waals surface area contributed by atoms with Gasteiger partial charge in [-0.25, -0.2) is 4.98 Å². The summed E-state index contributed by atoms with van der Waals surface area (Å²) in [5.74, 6) is 1.53. The predicted molar refractivity (Wildman–Crippen MR) is 134 cm³/mol. The molecule has 168 valence electrons. The lowest BCUT2D eigenvalue weighted by Gasteiger charge is -2.13. The van der Waals surface area contributed by atoms with Crippen LogP contribution in [0.2, 0.25) is 0 Å². The molecule has 0 spiro atoms. The lowest BCUT2D eigenvalue weighted by molar-refractivity contribution is 0.0977. The number of ether oxygens (including phenoxy) is 2. The zero-order valence-corrected chi connectivity index (χ0v) is 19.2. The van der Waals surface area contributed by atoms with E-state index < -0.39 is 0 Å². The summed E-state index contributed by atoms with van der Waals surface area (Å²) >= 11 is 5.35. The summed E-state index contributed by atoms with van der Waals surface area (Å²) in [5, 5.41) is 5.96. The molecule has 0 aliphatic rings. The number of imidazole rings is 1. The third kappa shape index (κ3) is 5.30. The lowest BCUT2D eigenvalue weighted by Crippen LogP contribution is -2.34. The minimum atomic E-state index is -0.343. The summed E-state index contributed by atoms with van der Waals surface area (Å²) in [6, 6.07) is 20.5. The number of aromatic amines is 1. The molecule has 4 aromatic rings. The highest BCUT2D eigenvalue weighted by Crippen LogP contribution is 2.28. The van der Waals surface area contributed by atoms with Crippen molar-refractivity contribution in [3.8, 4) is 22.9 Å².